The molecule has 1 aromatic heterocycles. The standard InChI is InChI=1S/C15H17BrN2O3/c16-10-2-1-3-11-14(10)21-15(18-11)17-6-8-4-7-5-9(8)13(20)12(7)19/h1-3,7-9,12-13,19-20H,4-6H2,(H,17,18)/t7-,8-,9-,12+,13-/m1/s1. The van der Waals surface area contributed by atoms with E-state index in [0.717, 1.165) is 35.0 Å². The van der Waals surface area contributed by atoms with E-state index in [1.165, 1.54) is 0 Å². The fraction of sp³-hybridized carbons (Fsp3) is 0.533. The lowest BCUT2D eigenvalue weighted by molar-refractivity contribution is -0.0317. The maximum absolute atomic E-state index is 9.98. The fourth-order valence-electron chi connectivity index (χ4n) is 3.88. The number of benzene rings is 1. The highest BCUT2D eigenvalue weighted by Crippen LogP contribution is 2.48. The Kier molecular flexibility index (Phi) is 3.20. The van der Waals surface area contributed by atoms with Crippen LogP contribution in [0.5, 0.6) is 0 Å². The molecule has 0 saturated heterocycles. The van der Waals surface area contributed by atoms with E-state index < -0.39 is 12.2 Å². The van der Waals surface area contributed by atoms with E-state index in [1.54, 1.807) is 0 Å². The van der Waals surface area contributed by atoms with Gasteiger partial charge in [-0.05, 0) is 58.7 Å². The highest BCUT2D eigenvalue weighted by Gasteiger charge is 2.51. The van der Waals surface area contributed by atoms with E-state index >= 15 is 0 Å². The zero-order valence-electron chi connectivity index (χ0n) is 11.4. The van der Waals surface area contributed by atoms with Gasteiger partial charge in [-0.25, -0.2) is 0 Å². The van der Waals surface area contributed by atoms with Crippen molar-refractivity contribution in [3.05, 3.63) is 22.7 Å². The number of oxazole rings is 1. The van der Waals surface area contributed by atoms with Crippen LogP contribution in [0.3, 0.4) is 0 Å². The van der Waals surface area contributed by atoms with Crippen molar-refractivity contribution in [3.63, 3.8) is 0 Å². The number of rotatable bonds is 3. The Morgan fingerprint density at radius 1 is 1.29 bits per heavy atom. The molecule has 21 heavy (non-hydrogen) atoms. The molecule has 2 aromatic rings. The Labute approximate surface area is 130 Å². The lowest BCUT2D eigenvalue weighted by Crippen LogP contribution is -2.38. The van der Waals surface area contributed by atoms with E-state index in [0.29, 0.717) is 11.9 Å². The Balaban J connectivity index is 1.46. The van der Waals surface area contributed by atoms with Gasteiger partial charge >= 0.3 is 0 Å². The third-order valence-electron chi connectivity index (χ3n) is 4.94. The van der Waals surface area contributed by atoms with Gasteiger partial charge in [-0.15, -0.1) is 0 Å². The third kappa shape index (κ3) is 2.17. The first kappa shape index (κ1) is 13.5. The Morgan fingerprint density at radius 2 is 2.14 bits per heavy atom. The summed E-state index contributed by atoms with van der Waals surface area (Å²) in [5, 5.41) is 23.0. The summed E-state index contributed by atoms with van der Waals surface area (Å²) in [4.78, 5) is 4.41. The molecule has 2 aliphatic rings. The first-order valence-corrected chi connectivity index (χ1v) is 8.08. The van der Waals surface area contributed by atoms with Crippen molar-refractivity contribution >= 4 is 33.0 Å². The predicted octanol–water partition coefficient (Wildman–Crippen LogP) is 2.38. The number of aliphatic hydroxyl groups is 2. The van der Waals surface area contributed by atoms with Crippen LogP contribution in [0.1, 0.15) is 12.8 Å². The molecule has 5 atom stereocenters. The number of aromatic nitrogens is 1. The summed E-state index contributed by atoms with van der Waals surface area (Å²) in [6.45, 7) is 0.718. The minimum Gasteiger partial charge on any atom is -0.422 e. The summed E-state index contributed by atoms with van der Waals surface area (Å²) >= 11 is 3.45. The monoisotopic (exact) mass is 352 g/mol. The molecule has 0 radical (unpaired) electrons. The number of nitrogens with one attached hydrogen (secondary N) is 1. The minimum atomic E-state index is -0.576. The molecule has 2 aliphatic carbocycles. The molecule has 2 fully saturated rings. The van der Waals surface area contributed by atoms with Gasteiger partial charge in [0.25, 0.3) is 6.01 Å². The number of fused-ring (bicyclic) bond motifs is 3. The lowest BCUT2D eigenvalue weighted by atomic mass is 9.85. The summed E-state index contributed by atoms with van der Waals surface area (Å²) in [5.41, 5.74) is 1.55. The van der Waals surface area contributed by atoms with Crippen molar-refractivity contribution < 1.29 is 14.6 Å². The van der Waals surface area contributed by atoms with Crippen LogP contribution < -0.4 is 5.32 Å². The van der Waals surface area contributed by atoms with Crippen LogP contribution in [0.15, 0.2) is 27.1 Å². The van der Waals surface area contributed by atoms with Gasteiger partial charge in [-0.2, -0.15) is 4.98 Å². The van der Waals surface area contributed by atoms with Gasteiger partial charge < -0.3 is 19.9 Å². The molecule has 2 bridgehead atoms. The van der Waals surface area contributed by atoms with E-state index in [4.69, 9.17) is 4.42 Å². The van der Waals surface area contributed by atoms with Gasteiger partial charge in [0.15, 0.2) is 5.58 Å². The number of halogens is 1. The van der Waals surface area contributed by atoms with E-state index in [9.17, 15) is 10.2 Å². The van der Waals surface area contributed by atoms with Crippen molar-refractivity contribution in [1.29, 1.82) is 0 Å². The van der Waals surface area contributed by atoms with Crippen LogP contribution in [-0.2, 0) is 0 Å². The third-order valence-corrected chi connectivity index (χ3v) is 5.56. The van der Waals surface area contributed by atoms with Crippen molar-refractivity contribution in [2.24, 2.45) is 17.8 Å². The predicted molar refractivity (Wildman–Crippen MR) is 81.9 cm³/mol. The summed E-state index contributed by atoms with van der Waals surface area (Å²) in [6, 6.07) is 6.26. The average Bonchev–Trinajstić information content (AvgIpc) is 3.13. The summed E-state index contributed by atoms with van der Waals surface area (Å²) in [6.07, 6.45) is 0.771. The largest absolute Gasteiger partial charge is 0.422 e. The van der Waals surface area contributed by atoms with E-state index in [2.05, 4.69) is 26.2 Å². The van der Waals surface area contributed by atoms with Crippen LogP contribution >= 0.6 is 15.9 Å². The topological polar surface area (TPSA) is 78.5 Å². The van der Waals surface area contributed by atoms with Gasteiger partial charge in [0, 0.05) is 6.54 Å². The lowest BCUT2D eigenvalue weighted by Gasteiger charge is -2.29. The van der Waals surface area contributed by atoms with Gasteiger partial charge in [-0.1, -0.05) is 6.07 Å². The number of nitrogens with zero attached hydrogens (tertiary/aromatic N) is 1. The normalized spacial score (nSPS) is 34.7. The number of para-hydroxylation sites is 1. The first-order chi connectivity index (χ1) is 10.1. The van der Waals surface area contributed by atoms with Gasteiger partial charge in [0.05, 0.1) is 16.7 Å². The molecule has 0 unspecified atom stereocenters. The molecule has 4 rings (SSSR count). The van der Waals surface area contributed by atoms with Crippen LogP contribution in [0.2, 0.25) is 0 Å². The Morgan fingerprint density at radius 3 is 2.86 bits per heavy atom. The summed E-state index contributed by atoms with van der Waals surface area (Å²) in [5.74, 6) is 0.801. The Hall–Kier alpha value is -1.11. The minimum absolute atomic E-state index is 0.189. The maximum Gasteiger partial charge on any atom is 0.295 e. The van der Waals surface area contributed by atoms with Crippen molar-refractivity contribution in [1.82, 2.24) is 4.98 Å². The maximum atomic E-state index is 9.98. The molecular weight excluding hydrogens is 336 g/mol. The summed E-state index contributed by atoms with van der Waals surface area (Å²) < 4.78 is 6.59. The molecule has 6 heteroatoms. The SMILES string of the molecule is O[C@H]1[C@@H]2C[C@H](CNc3nc4cccc(Br)c4o3)[C@@H](C2)[C@H]1O. The van der Waals surface area contributed by atoms with Gasteiger partial charge in [0.1, 0.15) is 5.52 Å². The van der Waals surface area contributed by atoms with Gasteiger partial charge in [-0.3, -0.25) is 0 Å². The van der Waals surface area contributed by atoms with E-state index in [-0.39, 0.29) is 11.8 Å². The molecule has 0 amide bonds. The number of hydrogen-bond donors (Lipinski definition) is 3. The molecule has 5 nitrogen and oxygen atoms in total. The van der Waals surface area contributed by atoms with Crippen molar-refractivity contribution in [2.45, 2.75) is 25.0 Å². The van der Waals surface area contributed by atoms with E-state index in [1.807, 2.05) is 18.2 Å². The Bertz CT molecular complexity index is 672. The molecule has 0 aliphatic heterocycles. The number of anilines is 1. The quantitative estimate of drug-likeness (QED) is 0.790. The second-order valence-electron chi connectivity index (χ2n) is 6.12. The highest BCUT2D eigenvalue weighted by atomic mass is 79.9. The zero-order valence-corrected chi connectivity index (χ0v) is 13.0. The molecule has 0 spiro atoms. The van der Waals surface area contributed by atoms with Gasteiger partial charge in [0.2, 0.25) is 0 Å². The van der Waals surface area contributed by atoms with Crippen molar-refractivity contribution in [2.75, 3.05) is 11.9 Å². The second-order valence-corrected chi connectivity index (χ2v) is 6.98. The summed E-state index contributed by atoms with van der Waals surface area (Å²) in [7, 11) is 0. The fourth-order valence-corrected chi connectivity index (χ4v) is 4.31. The molecule has 1 aromatic carbocycles. The molecule has 3 N–H and O–H groups in total. The number of hydrogen-bond acceptors (Lipinski definition) is 5. The van der Waals surface area contributed by atoms with Crippen molar-refractivity contribution in [3.8, 4) is 0 Å². The molecule has 2 saturated carbocycles. The average molecular weight is 353 g/mol. The van der Waals surface area contributed by atoms with Crippen LogP contribution in [0, 0.1) is 17.8 Å². The first-order valence-electron chi connectivity index (χ1n) is 7.28. The molecule has 112 valence electrons. The second kappa shape index (κ2) is 4.97. The number of aliphatic hydroxyl groups excluding tert-OH is 2. The van der Waals surface area contributed by atoms with Crippen LogP contribution in [0.4, 0.5) is 6.01 Å². The van der Waals surface area contributed by atoms with Crippen LogP contribution in [0.25, 0.3) is 11.1 Å². The smallest absolute Gasteiger partial charge is 0.295 e. The highest BCUT2D eigenvalue weighted by molar-refractivity contribution is 9.10. The molecular formula is C15H17BrN2O3. The van der Waals surface area contributed by atoms with Crippen LogP contribution in [-0.4, -0.2) is 33.9 Å². The zero-order chi connectivity index (χ0) is 14.6. The molecule has 1 heterocycles.